The van der Waals surface area contributed by atoms with Crippen molar-refractivity contribution in [3.05, 3.63) is 35.4 Å². The summed E-state index contributed by atoms with van der Waals surface area (Å²) < 4.78 is 27.9. The summed E-state index contributed by atoms with van der Waals surface area (Å²) in [5.74, 6) is -3.99. The van der Waals surface area contributed by atoms with E-state index in [0.717, 1.165) is 12.1 Å². The Hall–Kier alpha value is -2.51. The maximum atomic E-state index is 14.0. The van der Waals surface area contributed by atoms with Gasteiger partial charge in [-0.05, 0) is 25.0 Å². The second kappa shape index (κ2) is 7.37. The summed E-state index contributed by atoms with van der Waals surface area (Å²) in [6, 6.07) is 1.11. The van der Waals surface area contributed by atoms with Gasteiger partial charge in [0.2, 0.25) is 11.8 Å². The summed E-state index contributed by atoms with van der Waals surface area (Å²) >= 11 is 0. The number of carboxylic acid groups (broad SMARTS) is 1. The minimum Gasteiger partial charge on any atom is -0.480 e. The van der Waals surface area contributed by atoms with Crippen LogP contribution in [0.1, 0.15) is 37.8 Å². The van der Waals surface area contributed by atoms with E-state index in [1.807, 2.05) is 0 Å². The SMILES string of the molecule is CC(=O)N[C@H](CC(=O)N1CCC[C@@H]1C(=O)O)c1c(F)cccc1F. The van der Waals surface area contributed by atoms with Gasteiger partial charge in [0, 0.05) is 19.0 Å². The molecule has 0 unspecified atom stereocenters. The molecule has 24 heavy (non-hydrogen) atoms. The molecule has 1 heterocycles. The van der Waals surface area contributed by atoms with Crippen LogP contribution in [0.25, 0.3) is 0 Å². The van der Waals surface area contributed by atoms with Crippen LogP contribution >= 0.6 is 0 Å². The van der Waals surface area contributed by atoms with Crippen molar-refractivity contribution in [3.63, 3.8) is 0 Å². The lowest BCUT2D eigenvalue weighted by molar-refractivity contribution is -0.148. The van der Waals surface area contributed by atoms with Crippen LogP contribution in [0.3, 0.4) is 0 Å². The number of carbonyl (C=O) groups is 3. The van der Waals surface area contributed by atoms with E-state index in [-0.39, 0.29) is 6.54 Å². The predicted molar refractivity (Wildman–Crippen MR) is 79.9 cm³/mol. The summed E-state index contributed by atoms with van der Waals surface area (Å²) in [5, 5.41) is 11.5. The molecule has 1 aliphatic rings. The van der Waals surface area contributed by atoms with Gasteiger partial charge in [-0.2, -0.15) is 0 Å². The zero-order valence-corrected chi connectivity index (χ0v) is 13.1. The minimum absolute atomic E-state index is 0.266. The van der Waals surface area contributed by atoms with Crippen molar-refractivity contribution >= 4 is 17.8 Å². The van der Waals surface area contributed by atoms with E-state index in [4.69, 9.17) is 5.11 Å². The Labute approximate surface area is 137 Å². The number of nitrogens with zero attached hydrogens (tertiary/aromatic N) is 1. The van der Waals surface area contributed by atoms with Crippen LogP contribution < -0.4 is 5.32 Å². The summed E-state index contributed by atoms with van der Waals surface area (Å²) in [7, 11) is 0. The van der Waals surface area contributed by atoms with E-state index in [1.54, 1.807) is 0 Å². The summed E-state index contributed by atoms with van der Waals surface area (Å²) in [4.78, 5) is 36.1. The van der Waals surface area contributed by atoms with Crippen molar-refractivity contribution in [1.82, 2.24) is 10.2 Å². The fourth-order valence-corrected chi connectivity index (χ4v) is 2.93. The minimum atomic E-state index is -1.20. The standard InChI is InChI=1S/C16H18F2N2O4/c1-9(21)19-12(15-10(17)4-2-5-11(15)18)8-14(22)20-7-3-6-13(20)16(23)24/h2,4-5,12-13H,3,6-8H2,1H3,(H,19,21)(H,23,24)/t12-,13-/m1/s1. The summed E-state index contributed by atoms with van der Waals surface area (Å²) in [5.41, 5.74) is -0.410. The van der Waals surface area contributed by atoms with Gasteiger partial charge in [-0.25, -0.2) is 13.6 Å². The molecule has 1 aromatic carbocycles. The highest BCUT2D eigenvalue weighted by molar-refractivity contribution is 5.85. The molecule has 2 amide bonds. The Kier molecular flexibility index (Phi) is 5.48. The van der Waals surface area contributed by atoms with Gasteiger partial charge >= 0.3 is 5.97 Å². The molecule has 8 heteroatoms. The highest BCUT2D eigenvalue weighted by atomic mass is 19.1. The van der Waals surface area contributed by atoms with Gasteiger partial charge in [0.05, 0.1) is 12.5 Å². The first-order valence-corrected chi connectivity index (χ1v) is 7.54. The lowest BCUT2D eigenvalue weighted by atomic mass is 10.0. The number of hydrogen-bond acceptors (Lipinski definition) is 3. The number of rotatable bonds is 5. The predicted octanol–water partition coefficient (Wildman–Crippen LogP) is 1.61. The Morgan fingerprint density at radius 1 is 1.33 bits per heavy atom. The molecule has 0 aliphatic carbocycles. The van der Waals surface area contributed by atoms with Crippen molar-refractivity contribution < 1.29 is 28.3 Å². The molecule has 2 rings (SSSR count). The zero-order chi connectivity index (χ0) is 17.9. The molecule has 0 aromatic heterocycles. The molecule has 0 bridgehead atoms. The molecule has 1 aliphatic heterocycles. The van der Waals surface area contributed by atoms with Crippen LogP contribution in [0.15, 0.2) is 18.2 Å². The van der Waals surface area contributed by atoms with Crippen molar-refractivity contribution in [2.45, 2.75) is 38.3 Å². The van der Waals surface area contributed by atoms with E-state index < -0.39 is 53.5 Å². The molecule has 2 N–H and O–H groups in total. The van der Waals surface area contributed by atoms with Gasteiger partial charge in [-0.15, -0.1) is 0 Å². The number of hydrogen-bond donors (Lipinski definition) is 2. The highest BCUT2D eigenvalue weighted by Gasteiger charge is 2.35. The first kappa shape index (κ1) is 17.8. The highest BCUT2D eigenvalue weighted by Crippen LogP contribution is 2.26. The first-order valence-electron chi connectivity index (χ1n) is 7.54. The Morgan fingerprint density at radius 3 is 2.50 bits per heavy atom. The normalized spacial score (nSPS) is 18.3. The molecule has 1 fully saturated rings. The van der Waals surface area contributed by atoms with Crippen LogP contribution in [0.5, 0.6) is 0 Å². The fourth-order valence-electron chi connectivity index (χ4n) is 2.93. The van der Waals surface area contributed by atoms with Crippen LogP contribution in [0, 0.1) is 11.6 Å². The second-order valence-corrected chi connectivity index (χ2v) is 5.68. The molecular weight excluding hydrogens is 322 g/mol. The van der Waals surface area contributed by atoms with E-state index in [9.17, 15) is 23.2 Å². The van der Waals surface area contributed by atoms with Crippen molar-refractivity contribution in [2.75, 3.05) is 6.54 Å². The summed E-state index contributed by atoms with van der Waals surface area (Å²) in [6.07, 6.45) is 0.461. The van der Waals surface area contributed by atoms with E-state index in [2.05, 4.69) is 5.32 Å². The van der Waals surface area contributed by atoms with E-state index in [0.29, 0.717) is 12.8 Å². The molecule has 0 spiro atoms. The molecule has 0 saturated carbocycles. The number of benzene rings is 1. The lowest BCUT2D eigenvalue weighted by Gasteiger charge is -2.25. The van der Waals surface area contributed by atoms with Gasteiger partial charge in [0.1, 0.15) is 17.7 Å². The topological polar surface area (TPSA) is 86.7 Å². The molecule has 1 saturated heterocycles. The van der Waals surface area contributed by atoms with Crippen LogP contribution in [-0.2, 0) is 14.4 Å². The third-order valence-corrected chi connectivity index (χ3v) is 3.96. The van der Waals surface area contributed by atoms with Crippen molar-refractivity contribution in [1.29, 1.82) is 0 Å². The van der Waals surface area contributed by atoms with Crippen LogP contribution in [0.4, 0.5) is 8.78 Å². The van der Waals surface area contributed by atoms with Crippen molar-refractivity contribution in [3.8, 4) is 0 Å². The third-order valence-electron chi connectivity index (χ3n) is 3.96. The number of aliphatic carboxylic acids is 1. The number of nitrogens with one attached hydrogen (secondary N) is 1. The molecule has 130 valence electrons. The second-order valence-electron chi connectivity index (χ2n) is 5.68. The van der Waals surface area contributed by atoms with Gasteiger partial charge in [0.25, 0.3) is 0 Å². The first-order chi connectivity index (χ1) is 11.3. The van der Waals surface area contributed by atoms with Crippen LogP contribution in [-0.4, -0.2) is 40.4 Å². The number of likely N-dealkylation sites (tertiary alicyclic amines) is 1. The fraction of sp³-hybridized carbons (Fsp3) is 0.438. The van der Waals surface area contributed by atoms with E-state index >= 15 is 0 Å². The van der Waals surface area contributed by atoms with Gasteiger partial charge < -0.3 is 15.3 Å². The lowest BCUT2D eigenvalue weighted by Crippen LogP contribution is -2.42. The maximum absolute atomic E-state index is 14.0. The maximum Gasteiger partial charge on any atom is 0.326 e. The Morgan fingerprint density at radius 2 is 1.96 bits per heavy atom. The molecule has 1 aromatic rings. The average molecular weight is 340 g/mol. The number of amides is 2. The largest absolute Gasteiger partial charge is 0.480 e. The van der Waals surface area contributed by atoms with Gasteiger partial charge in [-0.3, -0.25) is 9.59 Å². The molecular formula is C16H18F2N2O4. The average Bonchev–Trinajstić information content (AvgIpc) is 2.95. The van der Waals surface area contributed by atoms with Crippen LogP contribution in [0.2, 0.25) is 0 Å². The monoisotopic (exact) mass is 340 g/mol. The number of carboxylic acids is 1. The zero-order valence-electron chi connectivity index (χ0n) is 13.1. The molecule has 2 atom stereocenters. The summed E-state index contributed by atoms with van der Waals surface area (Å²) in [6.45, 7) is 1.44. The Balaban J connectivity index is 2.25. The Bertz CT molecular complexity index is 645. The molecule has 0 radical (unpaired) electrons. The quantitative estimate of drug-likeness (QED) is 0.852. The van der Waals surface area contributed by atoms with Crippen molar-refractivity contribution in [2.24, 2.45) is 0 Å². The molecule has 6 nitrogen and oxygen atoms in total. The number of carbonyl (C=O) groups excluding carboxylic acids is 2. The number of halogens is 2. The third kappa shape index (κ3) is 3.87. The van der Waals surface area contributed by atoms with E-state index in [1.165, 1.54) is 17.9 Å². The van der Waals surface area contributed by atoms with Gasteiger partial charge in [-0.1, -0.05) is 6.07 Å². The smallest absolute Gasteiger partial charge is 0.326 e. The van der Waals surface area contributed by atoms with Gasteiger partial charge in [0.15, 0.2) is 0 Å².